The summed E-state index contributed by atoms with van der Waals surface area (Å²) < 4.78 is 13.3. The SMILES string of the molecule is C[C@@H](C(=O)Nc1sc2c(c1C#N)CCCCC2)N(C)CC(=O)Nc1cccc(F)c1. The number of amides is 2. The van der Waals surface area contributed by atoms with Crippen molar-refractivity contribution >= 4 is 33.8 Å². The van der Waals surface area contributed by atoms with E-state index >= 15 is 0 Å². The Hall–Kier alpha value is -2.76. The predicted octanol–water partition coefficient (Wildman–Crippen LogP) is 3.93. The van der Waals surface area contributed by atoms with Gasteiger partial charge >= 0.3 is 0 Å². The van der Waals surface area contributed by atoms with Gasteiger partial charge in [0.25, 0.3) is 0 Å². The van der Waals surface area contributed by atoms with E-state index in [1.807, 2.05) is 0 Å². The van der Waals surface area contributed by atoms with Gasteiger partial charge in [-0.2, -0.15) is 5.26 Å². The zero-order chi connectivity index (χ0) is 21.7. The van der Waals surface area contributed by atoms with E-state index in [1.54, 1.807) is 24.9 Å². The molecule has 8 heteroatoms. The number of carbonyl (C=O) groups is 2. The van der Waals surface area contributed by atoms with Crippen molar-refractivity contribution in [2.45, 2.75) is 45.1 Å². The third-order valence-corrected chi connectivity index (χ3v) is 6.52. The molecule has 2 amide bonds. The molecular formula is C22H25FN4O2S. The molecule has 0 saturated carbocycles. The van der Waals surface area contributed by atoms with Crippen molar-refractivity contribution in [1.82, 2.24) is 4.90 Å². The average molecular weight is 429 g/mol. The molecule has 1 aromatic heterocycles. The van der Waals surface area contributed by atoms with Gasteiger partial charge in [-0.25, -0.2) is 4.39 Å². The van der Waals surface area contributed by atoms with Gasteiger partial charge in [0.1, 0.15) is 16.9 Å². The van der Waals surface area contributed by atoms with Gasteiger partial charge < -0.3 is 10.6 Å². The number of likely N-dealkylation sites (N-methyl/N-ethyl adjacent to an activating group) is 1. The number of hydrogen-bond acceptors (Lipinski definition) is 5. The van der Waals surface area contributed by atoms with Gasteiger partial charge in [0.2, 0.25) is 11.8 Å². The van der Waals surface area contributed by atoms with Crippen LogP contribution in [0.1, 0.15) is 42.2 Å². The van der Waals surface area contributed by atoms with Crippen molar-refractivity contribution in [2.24, 2.45) is 0 Å². The Labute approximate surface area is 179 Å². The molecule has 0 bridgehead atoms. The van der Waals surface area contributed by atoms with E-state index in [0.29, 0.717) is 16.3 Å². The summed E-state index contributed by atoms with van der Waals surface area (Å²) in [6.07, 6.45) is 5.14. The molecule has 0 aliphatic heterocycles. The average Bonchev–Trinajstić information content (AvgIpc) is 2.86. The van der Waals surface area contributed by atoms with E-state index in [0.717, 1.165) is 37.7 Å². The van der Waals surface area contributed by atoms with Crippen molar-refractivity contribution in [1.29, 1.82) is 5.26 Å². The summed E-state index contributed by atoms with van der Waals surface area (Å²) in [6, 6.07) is 7.32. The van der Waals surface area contributed by atoms with Crippen molar-refractivity contribution < 1.29 is 14.0 Å². The highest BCUT2D eigenvalue weighted by Gasteiger charge is 2.25. The van der Waals surface area contributed by atoms with E-state index in [4.69, 9.17) is 0 Å². The minimum Gasteiger partial charge on any atom is -0.325 e. The van der Waals surface area contributed by atoms with Crippen LogP contribution in [0, 0.1) is 17.1 Å². The maximum absolute atomic E-state index is 13.3. The highest BCUT2D eigenvalue weighted by atomic mass is 32.1. The lowest BCUT2D eigenvalue weighted by Crippen LogP contribution is -2.43. The molecule has 1 aromatic carbocycles. The Bertz CT molecular complexity index is 982. The molecule has 0 unspecified atom stereocenters. The summed E-state index contributed by atoms with van der Waals surface area (Å²) in [5.41, 5.74) is 2.01. The van der Waals surface area contributed by atoms with Gasteiger partial charge in [0.15, 0.2) is 0 Å². The summed E-state index contributed by atoms with van der Waals surface area (Å²) >= 11 is 1.49. The molecule has 158 valence electrons. The Morgan fingerprint density at radius 1 is 1.27 bits per heavy atom. The molecule has 2 aromatic rings. The second-order valence-corrected chi connectivity index (χ2v) is 8.62. The number of carbonyl (C=O) groups excluding carboxylic acids is 2. The predicted molar refractivity (Wildman–Crippen MR) is 116 cm³/mol. The number of rotatable bonds is 6. The van der Waals surface area contributed by atoms with E-state index in [1.165, 1.54) is 34.4 Å². The zero-order valence-electron chi connectivity index (χ0n) is 17.1. The molecule has 0 saturated heterocycles. The first-order valence-electron chi connectivity index (χ1n) is 10.00. The largest absolute Gasteiger partial charge is 0.325 e. The summed E-state index contributed by atoms with van der Waals surface area (Å²) in [5, 5.41) is 15.7. The third-order valence-electron chi connectivity index (χ3n) is 5.31. The van der Waals surface area contributed by atoms with Crippen molar-refractivity contribution in [3.05, 3.63) is 46.1 Å². The first-order valence-corrected chi connectivity index (χ1v) is 10.8. The molecule has 0 fully saturated rings. The van der Waals surface area contributed by atoms with E-state index < -0.39 is 11.9 Å². The second kappa shape index (κ2) is 9.83. The fourth-order valence-electron chi connectivity index (χ4n) is 3.50. The number of nitrogens with zero attached hydrogens (tertiary/aromatic N) is 2. The lowest BCUT2D eigenvalue weighted by Gasteiger charge is -2.23. The molecule has 6 nitrogen and oxygen atoms in total. The molecule has 30 heavy (non-hydrogen) atoms. The topological polar surface area (TPSA) is 85.2 Å². The van der Waals surface area contributed by atoms with Crippen LogP contribution in [0.5, 0.6) is 0 Å². The monoisotopic (exact) mass is 428 g/mol. The van der Waals surface area contributed by atoms with Crippen molar-refractivity contribution in [2.75, 3.05) is 24.2 Å². The molecule has 2 N–H and O–H groups in total. The van der Waals surface area contributed by atoms with Crippen LogP contribution in [0.15, 0.2) is 24.3 Å². The van der Waals surface area contributed by atoms with Gasteiger partial charge in [-0.1, -0.05) is 12.5 Å². The fraction of sp³-hybridized carbons (Fsp3) is 0.409. The summed E-state index contributed by atoms with van der Waals surface area (Å²) in [4.78, 5) is 27.8. The van der Waals surface area contributed by atoms with Gasteiger partial charge in [-0.3, -0.25) is 14.5 Å². The van der Waals surface area contributed by atoms with Crippen LogP contribution in [-0.4, -0.2) is 36.3 Å². The van der Waals surface area contributed by atoms with Gasteiger partial charge in [-0.15, -0.1) is 11.3 Å². The van der Waals surface area contributed by atoms with E-state index in [2.05, 4.69) is 16.7 Å². The summed E-state index contributed by atoms with van der Waals surface area (Å²) in [6.45, 7) is 1.67. The number of anilines is 2. The van der Waals surface area contributed by atoms with Crippen LogP contribution in [0.2, 0.25) is 0 Å². The first-order chi connectivity index (χ1) is 14.4. The van der Waals surface area contributed by atoms with Crippen LogP contribution in [-0.2, 0) is 22.4 Å². The molecule has 1 atom stereocenters. The van der Waals surface area contributed by atoms with Gasteiger partial charge in [-0.05, 0) is 63.4 Å². The summed E-state index contributed by atoms with van der Waals surface area (Å²) in [5.74, 6) is -1.05. The number of nitrogens with one attached hydrogen (secondary N) is 2. The number of nitriles is 1. The lowest BCUT2D eigenvalue weighted by molar-refractivity contribution is -0.122. The fourth-order valence-corrected chi connectivity index (χ4v) is 4.74. The number of aryl methyl sites for hydroxylation is 1. The Morgan fingerprint density at radius 3 is 2.77 bits per heavy atom. The van der Waals surface area contributed by atoms with Gasteiger partial charge in [0, 0.05) is 10.6 Å². The quantitative estimate of drug-likeness (QED) is 0.683. The number of halogens is 1. The van der Waals surface area contributed by atoms with E-state index in [-0.39, 0.29) is 18.4 Å². The Morgan fingerprint density at radius 2 is 2.03 bits per heavy atom. The van der Waals surface area contributed by atoms with Crippen LogP contribution < -0.4 is 10.6 Å². The molecule has 1 heterocycles. The van der Waals surface area contributed by atoms with Crippen LogP contribution in [0.25, 0.3) is 0 Å². The number of benzene rings is 1. The van der Waals surface area contributed by atoms with Gasteiger partial charge in [0.05, 0.1) is 18.2 Å². The number of thiophene rings is 1. The van der Waals surface area contributed by atoms with Crippen molar-refractivity contribution in [3.63, 3.8) is 0 Å². The standard InChI is InChI=1S/C22H25FN4O2S/c1-14(27(2)13-20(28)25-16-8-6-7-15(23)11-16)21(29)26-22-18(12-24)17-9-4-3-5-10-19(17)30-22/h6-8,11,14H,3-5,9-10,13H2,1-2H3,(H,25,28)(H,26,29)/t14-/m0/s1. The minimum absolute atomic E-state index is 0.0306. The van der Waals surface area contributed by atoms with Crippen LogP contribution >= 0.6 is 11.3 Å². The van der Waals surface area contributed by atoms with E-state index in [9.17, 15) is 19.2 Å². The van der Waals surface area contributed by atoms with Crippen molar-refractivity contribution in [3.8, 4) is 6.07 Å². The molecule has 1 aliphatic rings. The minimum atomic E-state index is -0.586. The molecule has 3 rings (SSSR count). The Balaban J connectivity index is 1.61. The smallest absolute Gasteiger partial charge is 0.242 e. The highest BCUT2D eigenvalue weighted by Crippen LogP contribution is 2.37. The number of hydrogen-bond donors (Lipinski definition) is 2. The molecule has 0 radical (unpaired) electrons. The third kappa shape index (κ3) is 5.23. The maximum Gasteiger partial charge on any atom is 0.242 e. The zero-order valence-corrected chi connectivity index (χ0v) is 17.9. The highest BCUT2D eigenvalue weighted by molar-refractivity contribution is 7.16. The molecule has 0 spiro atoms. The first kappa shape index (κ1) is 21.9. The normalized spacial score (nSPS) is 14.4. The summed E-state index contributed by atoms with van der Waals surface area (Å²) in [7, 11) is 1.67. The second-order valence-electron chi connectivity index (χ2n) is 7.52. The Kier molecular flexibility index (Phi) is 7.19. The van der Waals surface area contributed by atoms with Crippen LogP contribution in [0.4, 0.5) is 15.1 Å². The molecule has 1 aliphatic carbocycles. The maximum atomic E-state index is 13.3. The number of fused-ring (bicyclic) bond motifs is 1. The molecular weight excluding hydrogens is 403 g/mol. The lowest BCUT2D eigenvalue weighted by atomic mass is 10.1. The van der Waals surface area contributed by atoms with Crippen LogP contribution in [0.3, 0.4) is 0 Å².